The van der Waals surface area contributed by atoms with Gasteiger partial charge in [0, 0.05) is 27.1 Å². The van der Waals surface area contributed by atoms with Crippen LogP contribution in [-0.4, -0.2) is 17.1 Å². The van der Waals surface area contributed by atoms with Crippen molar-refractivity contribution in [2.24, 2.45) is 9.98 Å². The predicted octanol–water partition coefficient (Wildman–Crippen LogP) is 10.00. The summed E-state index contributed by atoms with van der Waals surface area (Å²) < 4.78 is 8.44. The first-order valence-electron chi connectivity index (χ1n) is 14.4. The molecule has 0 aliphatic rings. The Labute approximate surface area is 248 Å². The average Bonchev–Trinajstić information content (AvgIpc) is 3.61. The van der Waals surface area contributed by atoms with Gasteiger partial charge in [-0.3, -0.25) is 4.99 Å². The Morgan fingerprint density at radius 2 is 1.23 bits per heavy atom. The van der Waals surface area contributed by atoms with Crippen LogP contribution >= 0.6 is 0 Å². The molecular formula is C39H27N3O. The molecule has 0 radical (unpaired) electrons. The van der Waals surface area contributed by atoms with Crippen molar-refractivity contribution in [3.63, 3.8) is 0 Å². The summed E-state index contributed by atoms with van der Waals surface area (Å²) in [6.07, 6.45) is 0. The van der Waals surface area contributed by atoms with E-state index < -0.39 is 0 Å². The summed E-state index contributed by atoms with van der Waals surface area (Å²) >= 11 is 0. The quantitative estimate of drug-likeness (QED) is 0.154. The van der Waals surface area contributed by atoms with Gasteiger partial charge in [0.25, 0.3) is 0 Å². The highest BCUT2D eigenvalue weighted by molar-refractivity contribution is 6.11. The Balaban J connectivity index is 1.27. The number of benzene rings is 6. The van der Waals surface area contributed by atoms with E-state index in [0.717, 1.165) is 55.3 Å². The summed E-state index contributed by atoms with van der Waals surface area (Å²) in [4.78, 5) is 9.10. The Hall–Kier alpha value is -5.74. The molecule has 0 aliphatic heterocycles. The fourth-order valence-corrected chi connectivity index (χ4v) is 6.16. The van der Waals surface area contributed by atoms with Crippen molar-refractivity contribution >= 4 is 56.3 Å². The molecule has 8 aromatic rings. The van der Waals surface area contributed by atoms with Crippen molar-refractivity contribution in [2.75, 3.05) is 0 Å². The van der Waals surface area contributed by atoms with Crippen LogP contribution in [0.3, 0.4) is 0 Å². The maximum atomic E-state index is 6.08. The normalized spacial score (nSPS) is 12.0. The first-order valence-corrected chi connectivity index (χ1v) is 14.4. The van der Waals surface area contributed by atoms with E-state index in [1.807, 2.05) is 42.5 Å². The third kappa shape index (κ3) is 4.23. The van der Waals surface area contributed by atoms with Crippen LogP contribution in [0.5, 0.6) is 0 Å². The molecule has 0 aliphatic carbocycles. The van der Waals surface area contributed by atoms with E-state index in [-0.39, 0.29) is 0 Å². The predicted molar refractivity (Wildman–Crippen MR) is 180 cm³/mol. The number of furan rings is 1. The summed E-state index contributed by atoms with van der Waals surface area (Å²) in [7, 11) is 0. The van der Waals surface area contributed by atoms with Crippen molar-refractivity contribution in [2.45, 2.75) is 6.54 Å². The van der Waals surface area contributed by atoms with Gasteiger partial charge in [-0.15, -0.1) is 0 Å². The first kappa shape index (κ1) is 25.0. The fourth-order valence-electron chi connectivity index (χ4n) is 6.16. The first-order chi connectivity index (χ1) is 21.3. The van der Waals surface area contributed by atoms with Crippen molar-refractivity contribution in [1.82, 2.24) is 4.57 Å². The van der Waals surface area contributed by atoms with E-state index in [1.54, 1.807) is 0 Å². The zero-order valence-electron chi connectivity index (χ0n) is 23.4. The lowest BCUT2D eigenvalue weighted by molar-refractivity contribution is 0.669. The molecule has 4 nitrogen and oxygen atoms in total. The number of rotatable bonds is 5. The Morgan fingerprint density at radius 1 is 0.581 bits per heavy atom. The number of amidine groups is 1. The van der Waals surface area contributed by atoms with Gasteiger partial charge in [0.15, 0.2) is 5.84 Å². The van der Waals surface area contributed by atoms with Crippen molar-refractivity contribution < 1.29 is 4.42 Å². The van der Waals surface area contributed by atoms with Gasteiger partial charge in [0.1, 0.15) is 11.2 Å². The van der Waals surface area contributed by atoms with E-state index >= 15 is 0 Å². The van der Waals surface area contributed by atoms with Gasteiger partial charge in [-0.1, -0.05) is 97.1 Å². The molecule has 2 heterocycles. The van der Waals surface area contributed by atoms with Gasteiger partial charge >= 0.3 is 0 Å². The van der Waals surface area contributed by atoms with E-state index in [2.05, 4.69) is 113 Å². The number of aromatic nitrogens is 1. The second-order valence-electron chi connectivity index (χ2n) is 10.7. The molecule has 0 amide bonds. The number of hydrogen-bond donors (Lipinski definition) is 0. The maximum Gasteiger partial charge on any atom is 0.154 e. The minimum atomic E-state index is 0.490. The molecule has 4 heteroatoms. The number of aliphatic imine (C=N–C) groups is 2. The standard InChI is InChI=1S/C39H27N3O/c1-40-39(26-11-3-2-4-12-26)41-25-29-13-5-8-16-34(29)42-35-17-9-6-14-30(35)32-23-27(19-21-36(32)42)28-20-22-38-33(24-28)31-15-7-10-18-37(31)43-38/h2-24H,1,25H2/b41-39-. The summed E-state index contributed by atoms with van der Waals surface area (Å²) in [5.41, 5.74) is 9.65. The van der Waals surface area contributed by atoms with Crippen LogP contribution in [0, 0.1) is 0 Å². The van der Waals surface area contributed by atoms with Gasteiger partial charge in [0.05, 0.1) is 23.3 Å². The van der Waals surface area contributed by atoms with Gasteiger partial charge < -0.3 is 8.98 Å². The third-order valence-electron chi connectivity index (χ3n) is 8.20. The molecule has 2 aromatic heterocycles. The molecule has 43 heavy (non-hydrogen) atoms. The van der Waals surface area contributed by atoms with E-state index in [1.165, 1.54) is 16.3 Å². The van der Waals surface area contributed by atoms with Crippen LogP contribution in [0.4, 0.5) is 0 Å². The zero-order chi connectivity index (χ0) is 28.8. The molecule has 0 atom stereocenters. The van der Waals surface area contributed by atoms with Gasteiger partial charge in [-0.05, 0) is 65.9 Å². The molecule has 0 unspecified atom stereocenters. The smallest absolute Gasteiger partial charge is 0.154 e. The lowest BCUT2D eigenvalue weighted by Gasteiger charge is -2.13. The number of nitrogens with zero attached hydrogens (tertiary/aromatic N) is 3. The molecule has 6 aromatic carbocycles. The molecule has 0 N–H and O–H groups in total. The average molecular weight is 554 g/mol. The summed E-state index contributed by atoms with van der Waals surface area (Å²) in [5.74, 6) is 0.643. The number of fused-ring (bicyclic) bond motifs is 6. The molecule has 0 spiro atoms. The highest BCUT2D eigenvalue weighted by atomic mass is 16.3. The largest absolute Gasteiger partial charge is 0.456 e. The Morgan fingerprint density at radius 3 is 2.09 bits per heavy atom. The summed E-state index contributed by atoms with van der Waals surface area (Å²) in [6.45, 7) is 4.26. The number of para-hydroxylation sites is 3. The van der Waals surface area contributed by atoms with Crippen molar-refractivity contribution in [1.29, 1.82) is 0 Å². The van der Waals surface area contributed by atoms with E-state index in [4.69, 9.17) is 9.41 Å². The van der Waals surface area contributed by atoms with Crippen molar-refractivity contribution in [3.05, 3.63) is 151 Å². The Bertz CT molecular complexity index is 2340. The lowest BCUT2D eigenvalue weighted by atomic mass is 10.0. The van der Waals surface area contributed by atoms with Gasteiger partial charge in [0.2, 0.25) is 0 Å². The summed E-state index contributed by atoms with van der Waals surface area (Å²) in [5, 5.41) is 4.69. The monoisotopic (exact) mass is 553 g/mol. The van der Waals surface area contributed by atoms with Gasteiger partial charge in [-0.2, -0.15) is 0 Å². The highest BCUT2D eigenvalue weighted by Crippen LogP contribution is 2.37. The molecule has 0 bridgehead atoms. The molecule has 204 valence electrons. The van der Waals surface area contributed by atoms with Crippen LogP contribution in [0.2, 0.25) is 0 Å². The summed E-state index contributed by atoms with van der Waals surface area (Å²) in [6, 6.07) is 48.5. The molecule has 0 saturated carbocycles. The third-order valence-corrected chi connectivity index (χ3v) is 8.20. The SMILES string of the molecule is C=N/C(=N\Cc1ccccc1-n1c2ccccc2c2cc(-c3ccc4oc5ccccc5c4c3)ccc21)c1ccccc1. The van der Waals surface area contributed by atoms with Crippen LogP contribution in [0.15, 0.2) is 154 Å². The number of hydrogen-bond acceptors (Lipinski definition) is 2. The minimum absolute atomic E-state index is 0.490. The van der Waals surface area contributed by atoms with Crippen molar-refractivity contribution in [3.8, 4) is 16.8 Å². The fraction of sp³-hybridized carbons (Fsp3) is 0.0256. The minimum Gasteiger partial charge on any atom is -0.456 e. The molecule has 0 saturated heterocycles. The molecular weight excluding hydrogens is 526 g/mol. The molecule has 8 rings (SSSR count). The van der Waals surface area contributed by atoms with E-state index in [0.29, 0.717) is 12.4 Å². The maximum absolute atomic E-state index is 6.08. The lowest BCUT2D eigenvalue weighted by Crippen LogP contribution is -2.01. The highest BCUT2D eigenvalue weighted by Gasteiger charge is 2.16. The second kappa shape index (κ2) is 10.3. The van der Waals surface area contributed by atoms with Crippen LogP contribution in [0.25, 0.3) is 60.6 Å². The molecule has 0 fully saturated rings. The van der Waals surface area contributed by atoms with Crippen LogP contribution in [0.1, 0.15) is 11.1 Å². The Kier molecular flexibility index (Phi) is 5.97. The van der Waals surface area contributed by atoms with Crippen LogP contribution < -0.4 is 0 Å². The van der Waals surface area contributed by atoms with Gasteiger partial charge in [-0.25, -0.2) is 4.99 Å². The van der Waals surface area contributed by atoms with E-state index in [9.17, 15) is 0 Å². The second-order valence-corrected chi connectivity index (χ2v) is 10.7. The zero-order valence-corrected chi connectivity index (χ0v) is 23.4. The topological polar surface area (TPSA) is 42.8 Å². The van der Waals surface area contributed by atoms with Crippen LogP contribution in [-0.2, 0) is 6.54 Å².